The van der Waals surface area contributed by atoms with Crippen molar-refractivity contribution in [3.8, 4) is 0 Å². The van der Waals surface area contributed by atoms with Crippen molar-refractivity contribution in [2.45, 2.75) is 354 Å². The van der Waals surface area contributed by atoms with Crippen LogP contribution in [0.1, 0.15) is 342 Å². The van der Waals surface area contributed by atoms with Crippen LogP contribution < -0.4 is 5.32 Å². The monoisotopic (exact) mass is 1240 g/mol. The number of carbonyl (C=O) groups excluding carboxylic acids is 2. The van der Waals surface area contributed by atoms with Crippen LogP contribution >= 0.6 is 7.82 Å². The smallest absolute Gasteiger partial charge is 0.456 e. The number of rotatable bonds is 67. The number of nitrogens with zero attached hydrogens (tertiary/aromatic N) is 1. The van der Waals surface area contributed by atoms with Crippen LogP contribution in [0.3, 0.4) is 0 Å². The van der Waals surface area contributed by atoms with Gasteiger partial charge in [0, 0.05) is 12.8 Å². The van der Waals surface area contributed by atoms with Crippen LogP contribution in [0.2, 0.25) is 0 Å². The number of amides is 1. The Kier molecular flexibility index (Phi) is 64.0. The largest absolute Gasteiger partial charge is 0.472 e. The number of ether oxygens (including phenoxy) is 1. The van der Waals surface area contributed by atoms with Gasteiger partial charge in [0.2, 0.25) is 5.91 Å². The Bertz CT molecular complexity index is 1760. The molecule has 0 spiro atoms. The fourth-order valence-corrected chi connectivity index (χ4v) is 11.4. The molecule has 0 rings (SSSR count). The van der Waals surface area contributed by atoms with Gasteiger partial charge in [-0.25, -0.2) is 4.57 Å². The van der Waals surface area contributed by atoms with E-state index in [1.165, 1.54) is 199 Å². The maximum Gasteiger partial charge on any atom is 0.472 e. The van der Waals surface area contributed by atoms with Crippen molar-refractivity contribution in [2.75, 3.05) is 40.9 Å². The number of phosphoric acid groups is 1. The molecule has 2 N–H and O–H groups in total. The Balaban J connectivity index is 5.10. The fourth-order valence-electron chi connectivity index (χ4n) is 10.7. The molecule has 506 valence electrons. The van der Waals surface area contributed by atoms with Gasteiger partial charge in [0.15, 0.2) is 0 Å². The number of likely N-dealkylation sites (N-methyl/N-ethyl adjacent to an activating group) is 1. The van der Waals surface area contributed by atoms with E-state index in [1.807, 2.05) is 33.3 Å². The Morgan fingerprint density at radius 3 is 1.10 bits per heavy atom. The SMILES string of the molecule is CC/C=C\C/C=C\C/C=C\C/C=C\C/C=C\C/C=C\CCCCCCC(=O)NC(COP(=O)(O)OCC[N+](C)(C)C)C(/C=C/CCCCCCCCCCCCC)OC(=O)CCCCCCCCCCCCCCCCCCCCCCCCCCC. The number of allylic oxidation sites excluding steroid dienone is 13. The minimum absolute atomic E-state index is 0.0330. The second-order valence-electron chi connectivity index (χ2n) is 26.1. The summed E-state index contributed by atoms with van der Waals surface area (Å²) in [5.41, 5.74) is 0. The normalized spacial score (nSPS) is 14.0. The van der Waals surface area contributed by atoms with Gasteiger partial charge >= 0.3 is 13.8 Å². The van der Waals surface area contributed by atoms with Gasteiger partial charge in [0.05, 0.1) is 33.8 Å². The Morgan fingerprint density at radius 1 is 0.414 bits per heavy atom. The van der Waals surface area contributed by atoms with E-state index in [0.29, 0.717) is 23.9 Å². The van der Waals surface area contributed by atoms with E-state index in [9.17, 15) is 19.0 Å². The minimum Gasteiger partial charge on any atom is -0.456 e. The number of nitrogens with one attached hydrogen (secondary N) is 1. The number of phosphoric ester groups is 1. The number of carbonyl (C=O) groups is 2. The lowest BCUT2D eigenvalue weighted by atomic mass is 10.0. The predicted octanol–water partition coefficient (Wildman–Crippen LogP) is 23.7. The summed E-state index contributed by atoms with van der Waals surface area (Å²) in [4.78, 5) is 38.0. The second kappa shape index (κ2) is 66.1. The number of quaternary nitrogens is 1. The molecule has 1 amide bonds. The van der Waals surface area contributed by atoms with Crippen molar-refractivity contribution in [1.29, 1.82) is 0 Å². The highest BCUT2D eigenvalue weighted by Gasteiger charge is 2.30. The summed E-state index contributed by atoms with van der Waals surface area (Å²) in [6, 6.07) is -0.866. The average Bonchev–Trinajstić information content (AvgIpc) is 3.69. The molecule has 0 saturated heterocycles. The first-order valence-corrected chi connectivity index (χ1v) is 38.4. The Hall–Kier alpha value is -2.81. The highest BCUT2D eigenvalue weighted by molar-refractivity contribution is 7.47. The summed E-state index contributed by atoms with van der Waals surface area (Å²) in [5.74, 6) is -0.523. The van der Waals surface area contributed by atoms with E-state index in [1.54, 1.807) is 0 Å². The molecule has 0 bridgehead atoms. The van der Waals surface area contributed by atoms with E-state index in [0.717, 1.165) is 103 Å². The van der Waals surface area contributed by atoms with Crippen molar-refractivity contribution < 1.29 is 37.3 Å². The summed E-state index contributed by atoms with van der Waals surface area (Å²) in [7, 11) is 1.48. The predicted molar refractivity (Wildman–Crippen MR) is 378 cm³/mol. The lowest BCUT2D eigenvalue weighted by Gasteiger charge is -2.27. The van der Waals surface area contributed by atoms with Crippen LogP contribution in [0.15, 0.2) is 85.1 Å². The zero-order chi connectivity index (χ0) is 63.5. The summed E-state index contributed by atoms with van der Waals surface area (Å²) < 4.78 is 30.9. The standard InChI is InChI=1S/C77H141N2O7P/c1-7-10-13-16-19-22-25-28-30-32-34-36-38-39-41-43-45-47-49-52-55-58-61-64-67-70-77(81)86-75(68-65-62-59-56-53-50-27-24-21-18-15-12-9-3)74(73-85-87(82,83)84-72-71-79(4,5)6)78-76(80)69-66-63-60-57-54-51-48-46-44-42-40-37-35-33-31-29-26-23-20-17-14-11-8-2/h11,14,20,23,29,31,35,37,42,44,48,51,65,68,74-75H,7-10,12-13,15-19,21-22,24-28,30,32-34,36,38-41,43,45-47,49-50,52-64,66-67,69-73H2,1-6H3,(H-,78,80,82,83)/p+1/b14-11-,23-20-,31-29-,37-35-,44-42-,51-48-,68-65+. The molecule has 0 aliphatic carbocycles. The van der Waals surface area contributed by atoms with Gasteiger partial charge in [-0.15, -0.1) is 0 Å². The molecule has 3 atom stereocenters. The van der Waals surface area contributed by atoms with Crippen molar-refractivity contribution in [1.82, 2.24) is 5.32 Å². The maximum absolute atomic E-state index is 13.6. The minimum atomic E-state index is -4.47. The number of esters is 1. The molecule has 0 heterocycles. The van der Waals surface area contributed by atoms with Gasteiger partial charge in [0.25, 0.3) is 0 Å². The van der Waals surface area contributed by atoms with Gasteiger partial charge in [0.1, 0.15) is 19.3 Å². The van der Waals surface area contributed by atoms with E-state index in [2.05, 4.69) is 99.0 Å². The van der Waals surface area contributed by atoms with E-state index < -0.39 is 20.0 Å². The Morgan fingerprint density at radius 2 is 0.736 bits per heavy atom. The maximum atomic E-state index is 13.6. The highest BCUT2D eigenvalue weighted by atomic mass is 31.2. The molecule has 0 saturated carbocycles. The third-order valence-corrected chi connectivity index (χ3v) is 17.3. The molecule has 0 radical (unpaired) electrons. The first kappa shape index (κ1) is 84.2. The van der Waals surface area contributed by atoms with Gasteiger partial charge in [-0.05, 0) is 83.1 Å². The van der Waals surface area contributed by atoms with Gasteiger partial charge in [-0.1, -0.05) is 331 Å². The molecular formula is C77H142N2O7P+. The molecule has 0 aliphatic rings. The van der Waals surface area contributed by atoms with E-state index >= 15 is 0 Å². The van der Waals surface area contributed by atoms with Gasteiger partial charge < -0.3 is 19.4 Å². The van der Waals surface area contributed by atoms with E-state index in [4.69, 9.17) is 13.8 Å². The quantitative estimate of drug-likeness (QED) is 0.0205. The van der Waals surface area contributed by atoms with E-state index in [-0.39, 0.29) is 31.5 Å². The molecule has 0 fully saturated rings. The Labute approximate surface area is 539 Å². The first-order valence-electron chi connectivity index (χ1n) is 36.9. The molecule has 0 aromatic rings. The van der Waals surface area contributed by atoms with Crippen molar-refractivity contribution in [2.24, 2.45) is 0 Å². The lowest BCUT2D eigenvalue weighted by molar-refractivity contribution is -0.870. The zero-order valence-corrected chi connectivity index (χ0v) is 58.9. The van der Waals surface area contributed by atoms with Gasteiger partial charge in [-0.3, -0.25) is 18.6 Å². The molecular weight excluding hydrogens is 1100 g/mol. The molecule has 3 unspecified atom stereocenters. The molecule has 0 aromatic carbocycles. The second-order valence-corrected chi connectivity index (χ2v) is 27.5. The zero-order valence-electron chi connectivity index (χ0n) is 58.0. The van der Waals surface area contributed by atoms with Crippen LogP contribution in [-0.4, -0.2) is 74.3 Å². The van der Waals surface area contributed by atoms with Crippen LogP contribution in [0.25, 0.3) is 0 Å². The lowest BCUT2D eigenvalue weighted by Crippen LogP contribution is -2.47. The summed E-state index contributed by atoms with van der Waals surface area (Å²) in [6.07, 6.45) is 88.9. The number of unbranched alkanes of at least 4 members (excludes halogenated alkanes) is 39. The molecule has 0 aliphatic heterocycles. The van der Waals surface area contributed by atoms with Crippen LogP contribution in [0.4, 0.5) is 0 Å². The van der Waals surface area contributed by atoms with Gasteiger partial charge in [-0.2, -0.15) is 0 Å². The average molecular weight is 1240 g/mol. The van der Waals surface area contributed by atoms with Crippen LogP contribution in [0.5, 0.6) is 0 Å². The molecule has 87 heavy (non-hydrogen) atoms. The number of hydrogen-bond donors (Lipinski definition) is 2. The fraction of sp³-hybridized carbons (Fsp3) is 0.792. The van der Waals surface area contributed by atoms with Crippen molar-refractivity contribution in [3.05, 3.63) is 85.1 Å². The third-order valence-electron chi connectivity index (χ3n) is 16.3. The summed E-state index contributed by atoms with van der Waals surface area (Å²) in [5, 5.41) is 3.06. The first-order chi connectivity index (χ1) is 42.4. The third kappa shape index (κ3) is 67.4. The molecule has 0 aromatic heterocycles. The van der Waals surface area contributed by atoms with Crippen molar-refractivity contribution >= 4 is 19.7 Å². The summed E-state index contributed by atoms with van der Waals surface area (Å²) >= 11 is 0. The summed E-state index contributed by atoms with van der Waals surface area (Å²) in [6.45, 7) is 6.92. The highest BCUT2D eigenvalue weighted by Crippen LogP contribution is 2.43. The number of hydrogen-bond acceptors (Lipinski definition) is 6. The van der Waals surface area contributed by atoms with Crippen molar-refractivity contribution in [3.63, 3.8) is 0 Å². The topological polar surface area (TPSA) is 111 Å². The molecule has 10 heteroatoms. The van der Waals surface area contributed by atoms with Crippen LogP contribution in [0, 0.1) is 0 Å². The van der Waals surface area contributed by atoms with Crippen LogP contribution in [-0.2, 0) is 27.9 Å². The molecule has 9 nitrogen and oxygen atoms in total.